The second-order valence-electron chi connectivity index (χ2n) is 4.04. The van der Waals surface area contributed by atoms with Crippen molar-refractivity contribution in [1.29, 1.82) is 0 Å². The zero-order valence-electron chi connectivity index (χ0n) is 12.0. The van der Waals surface area contributed by atoms with Crippen molar-refractivity contribution in [2.45, 2.75) is 26.0 Å². The van der Waals surface area contributed by atoms with E-state index in [0.717, 1.165) is 13.8 Å². The van der Waals surface area contributed by atoms with Gasteiger partial charge in [0.2, 0.25) is 0 Å². The van der Waals surface area contributed by atoms with Crippen molar-refractivity contribution in [1.82, 2.24) is 0 Å². The van der Waals surface area contributed by atoms with Crippen molar-refractivity contribution in [2.75, 3.05) is 19.8 Å². The second kappa shape index (κ2) is 9.49. The molecule has 3 atom stereocenters. The summed E-state index contributed by atoms with van der Waals surface area (Å²) in [7, 11) is -4.61. The van der Waals surface area contributed by atoms with Gasteiger partial charge in [0.05, 0.1) is 13.2 Å². The van der Waals surface area contributed by atoms with Gasteiger partial charge in [-0.3, -0.25) is 23.4 Å². The van der Waals surface area contributed by atoms with E-state index in [9.17, 15) is 23.8 Å². The lowest BCUT2D eigenvalue weighted by Gasteiger charge is -2.19. The third kappa shape index (κ3) is 10.2. The topological polar surface area (TPSA) is 172 Å². The molecule has 4 N–H and O–H groups in total. The van der Waals surface area contributed by atoms with Crippen molar-refractivity contribution < 1.29 is 47.5 Å². The highest BCUT2D eigenvalue weighted by Crippen LogP contribution is 2.43. The molecule has 0 saturated carbocycles. The van der Waals surface area contributed by atoms with Crippen LogP contribution in [0.25, 0.3) is 0 Å². The summed E-state index contributed by atoms with van der Waals surface area (Å²) in [6, 6.07) is -1.51. The summed E-state index contributed by atoms with van der Waals surface area (Å²) in [5.74, 6) is -2.79. The quantitative estimate of drug-likeness (QED) is 0.329. The van der Waals surface area contributed by atoms with E-state index < -0.39 is 51.1 Å². The van der Waals surface area contributed by atoms with Crippen molar-refractivity contribution in [3.05, 3.63) is 0 Å². The van der Waals surface area contributed by atoms with E-state index in [1.807, 2.05) is 0 Å². The Labute approximate surface area is 125 Å². The molecule has 0 aliphatic rings. The summed E-state index contributed by atoms with van der Waals surface area (Å²) in [6.07, 6.45) is -1.13. The van der Waals surface area contributed by atoms with E-state index in [-0.39, 0.29) is 6.61 Å². The molecule has 0 aromatic rings. The van der Waals surface area contributed by atoms with E-state index in [0.29, 0.717) is 0 Å². The van der Waals surface area contributed by atoms with Crippen LogP contribution >= 0.6 is 7.82 Å². The maximum Gasteiger partial charge on any atom is 0.472 e. The van der Waals surface area contributed by atoms with E-state index in [4.69, 9.17) is 15.6 Å². The van der Waals surface area contributed by atoms with Crippen LogP contribution < -0.4 is 5.73 Å². The van der Waals surface area contributed by atoms with Crippen LogP contribution in [0.3, 0.4) is 0 Å². The Morgan fingerprint density at radius 2 is 1.64 bits per heavy atom. The van der Waals surface area contributed by atoms with Crippen LogP contribution in [0.15, 0.2) is 0 Å². The lowest BCUT2D eigenvalue weighted by atomic mass is 10.3. The molecule has 0 aromatic heterocycles. The summed E-state index contributed by atoms with van der Waals surface area (Å²) >= 11 is 0. The van der Waals surface area contributed by atoms with Crippen LogP contribution in [0.1, 0.15) is 13.8 Å². The molecule has 0 bridgehead atoms. The highest BCUT2D eigenvalue weighted by molar-refractivity contribution is 7.47. The molecular weight excluding hydrogens is 325 g/mol. The molecule has 128 valence electrons. The van der Waals surface area contributed by atoms with Crippen molar-refractivity contribution in [3.8, 4) is 0 Å². The molecule has 0 aromatic carbocycles. The number of nitrogens with two attached hydrogens (primary N) is 1. The summed E-state index contributed by atoms with van der Waals surface area (Å²) < 4.78 is 29.7. The lowest BCUT2D eigenvalue weighted by Crippen LogP contribution is -2.34. The first-order valence-corrected chi connectivity index (χ1v) is 7.44. The standard InChI is InChI=1S/C10H18NO10P/c1-6(12)18-3-8(21-7(2)13)4-19-22(16,17)20-5-9(11)10(14)15/h8-9H,3-5,11H2,1-2H3,(H,14,15)(H,16,17). The van der Waals surface area contributed by atoms with Gasteiger partial charge < -0.3 is 25.2 Å². The summed E-state index contributed by atoms with van der Waals surface area (Å²) in [5, 5.41) is 8.49. The van der Waals surface area contributed by atoms with Gasteiger partial charge >= 0.3 is 25.7 Å². The van der Waals surface area contributed by atoms with Crippen LogP contribution in [0.2, 0.25) is 0 Å². The molecule has 0 rings (SSSR count). The molecule has 0 aliphatic carbocycles. The van der Waals surface area contributed by atoms with E-state index in [1.54, 1.807) is 0 Å². The van der Waals surface area contributed by atoms with Gasteiger partial charge in [-0.2, -0.15) is 0 Å². The summed E-state index contributed by atoms with van der Waals surface area (Å²) in [5.41, 5.74) is 5.09. The third-order valence-electron chi connectivity index (χ3n) is 1.96. The number of ether oxygens (including phenoxy) is 2. The van der Waals surface area contributed by atoms with Crippen LogP contribution in [-0.4, -0.2) is 59.9 Å². The number of phosphoric ester groups is 1. The molecule has 0 saturated heterocycles. The van der Waals surface area contributed by atoms with E-state index in [1.165, 1.54) is 0 Å². The van der Waals surface area contributed by atoms with Gasteiger partial charge in [-0.05, 0) is 0 Å². The fourth-order valence-corrected chi connectivity index (χ4v) is 1.80. The van der Waals surface area contributed by atoms with Gasteiger partial charge in [0.25, 0.3) is 0 Å². The van der Waals surface area contributed by atoms with Crippen molar-refractivity contribution in [3.63, 3.8) is 0 Å². The van der Waals surface area contributed by atoms with Gasteiger partial charge in [0.1, 0.15) is 12.6 Å². The zero-order valence-corrected chi connectivity index (χ0v) is 12.9. The zero-order chi connectivity index (χ0) is 17.3. The number of carboxylic acids is 1. The largest absolute Gasteiger partial charge is 0.480 e. The Bertz CT molecular complexity index is 453. The number of rotatable bonds is 10. The van der Waals surface area contributed by atoms with Crippen LogP contribution in [0.4, 0.5) is 0 Å². The number of carbonyl (C=O) groups is 3. The van der Waals surface area contributed by atoms with Crippen LogP contribution in [0, 0.1) is 0 Å². The predicted molar refractivity (Wildman–Crippen MR) is 69.5 cm³/mol. The van der Waals surface area contributed by atoms with E-state index in [2.05, 4.69) is 13.8 Å². The first-order valence-electron chi connectivity index (χ1n) is 5.94. The number of carbonyl (C=O) groups excluding carboxylic acids is 2. The van der Waals surface area contributed by atoms with Crippen molar-refractivity contribution >= 4 is 25.7 Å². The predicted octanol–water partition coefficient (Wildman–Crippen LogP) is -0.973. The molecule has 0 heterocycles. The second-order valence-corrected chi connectivity index (χ2v) is 5.49. The Kier molecular flexibility index (Phi) is 8.83. The molecular formula is C10H18NO10P. The monoisotopic (exact) mass is 343 g/mol. The Balaban J connectivity index is 4.41. The molecule has 12 heteroatoms. The molecule has 3 unspecified atom stereocenters. The lowest BCUT2D eigenvalue weighted by molar-refractivity contribution is -0.158. The third-order valence-corrected chi connectivity index (χ3v) is 2.91. The molecule has 22 heavy (non-hydrogen) atoms. The minimum Gasteiger partial charge on any atom is -0.480 e. The number of esters is 2. The van der Waals surface area contributed by atoms with Gasteiger partial charge in [-0.25, -0.2) is 4.57 Å². The number of phosphoric acid groups is 1. The van der Waals surface area contributed by atoms with Gasteiger partial charge in [-0.1, -0.05) is 0 Å². The average Bonchev–Trinajstić information content (AvgIpc) is 2.38. The maximum absolute atomic E-state index is 11.5. The van der Waals surface area contributed by atoms with Gasteiger partial charge in [0.15, 0.2) is 6.10 Å². The number of hydrogen-bond acceptors (Lipinski definition) is 9. The Morgan fingerprint density at radius 3 is 2.09 bits per heavy atom. The first-order chi connectivity index (χ1) is 10.0. The number of aliphatic carboxylic acids is 1. The average molecular weight is 343 g/mol. The number of carboxylic acid groups (broad SMARTS) is 1. The minimum atomic E-state index is -4.61. The molecule has 0 fully saturated rings. The SMILES string of the molecule is CC(=O)OCC(COP(=O)(O)OCC(N)C(=O)O)OC(C)=O. The van der Waals surface area contributed by atoms with Gasteiger partial charge in [0, 0.05) is 13.8 Å². The Morgan fingerprint density at radius 1 is 1.09 bits per heavy atom. The molecule has 0 aliphatic heterocycles. The number of hydrogen-bond donors (Lipinski definition) is 3. The molecule has 0 radical (unpaired) electrons. The van der Waals surface area contributed by atoms with Crippen LogP contribution in [0.5, 0.6) is 0 Å². The fraction of sp³-hybridized carbons (Fsp3) is 0.700. The summed E-state index contributed by atoms with van der Waals surface area (Å²) in [4.78, 5) is 41.3. The minimum absolute atomic E-state index is 0.385. The first kappa shape index (κ1) is 20.5. The Hall–Kier alpha value is -1.52. The molecule has 11 nitrogen and oxygen atoms in total. The highest BCUT2D eigenvalue weighted by atomic mass is 31.2. The molecule has 0 amide bonds. The molecule has 0 spiro atoms. The van der Waals surface area contributed by atoms with Crippen molar-refractivity contribution in [2.24, 2.45) is 5.73 Å². The smallest absolute Gasteiger partial charge is 0.472 e. The van der Waals surface area contributed by atoms with E-state index >= 15 is 0 Å². The maximum atomic E-state index is 11.5. The fourth-order valence-electron chi connectivity index (χ4n) is 1.02. The highest BCUT2D eigenvalue weighted by Gasteiger charge is 2.27. The van der Waals surface area contributed by atoms with Gasteiger partial charge in [-0.15, -0.1) is 0 Å². The summed E-state index contributed by atoms with van der Waals surface area (Å²) in [6.45, 7) is 0.457. The normalized spacial score (nSPS) is 16.2. The van der Waals surface area contributed by atoms with Crippen LogP contribution in [-0.2, 0) is 37.5 Å².